The summed E-state index contributed by atoms with van der Waals surface area (Å²) in [6, 6.07) is 7.90. The fourth-order valence-corrected chi connectivity index (χ4v) is 3.72. The number of aromatic nitrogens is 2. The number of imidazole rings is 1. The molecule has 0 saturated carbocycles. The number of hydrogen-bond acceptors (Lipinski definition) is 4. The molecular weight excluding hydrogens is 290 g/mol. The van der Waals surface area contributed by atoms with E-state index in [0.29, 0.717) is 12.3 Å². The Labute approximate surface area is 135 Å². The van der Waals surface area contributed by atoms with Crippen molar-refractivity contribution in [2.24, 2.45) is 5.92 Å². The summed E-state index contributed by atoms with van der Waals surface area (Å²) in [6.07, 6.45) is 8.06. The first-order chi connectivity index (χ1) is 11.3. The lowest BCUT2D eigenvalue weighted by atomic mass is 9.86. The third-order valence-electron chi connectivity index (χ3n) is 4.99. The van der Waals surface area contributed by atoms with Crippen LogP contribution < -0.4 is 0 Å². The van der Waals surface area contributed by atoms with Crippen molar-refractivity contribution in [3.05, 3.63) is 48.5 Å². The van der Waals surface area contributed by atoms with E-state index in [0.717, 1.165) is 43.7 Å². The molecule has 1 aromatic heterocycles. The standard InChI is InChI=1S/C18H21N3O2/c22-18(23-17-12-20-8-5-14(17)6-9-20)11-15-3-1-2-4-16(15)21-10-7-19-13-21/h1-4,7,10,13-14,17H,5-6,8-9,11-12H2. The van der Waals surface area contributed by atoms with Gasteiger partial charge in [-0.3, -0.25) is 9.69 Å². The maximum atomic E-state index is 12.4. The molecule has 1 atom stereocenters. The molecule has 0 radical (unpaired) electrons. The summed E-state index contributed by atoms with van der Waals surface area (Å²) in [5.41, 5.74) is 1.95. The first kappa shape index (κ1) is 14.5. The van der Waals surface area contributed by atoms with Gasteiger partial charge in [-0.05, 0) is 43.5 Å². The van der Waals surface area contributed by atoms with E-state index in [-0.39, 0.29) is 12.1 Å². The van der Waals surface area contributed by atoms with E-state index in [1.54, 1.807) is 12.5 Å². The quantitative estimate of drug-likeness (QED) is 0.811. The van der Waals surface area contributed by atoms with Crippen molar-refractivity contribution in [2.75, 3.05) is 19.6 Å². The summed E-state index contributed by atoms with van der Waals surface area (Å²) >= 11 is 0. The molecular formula is C18H21N3O2. The van der Waals surface area contributed by atoms with Crippen molar-refractivity contribution < 1.29 is 9.53 Å². The molecule has 0 N–H and O–H groups in total. The monoisotopic (exact) mass is 311 g/mol. The fourth-order valence-electron chi connectivity index (χ4n) is 3.72. The molecule has 3 fully saturated rings. The summed E-state index contributed by atoms with van der Waals surface area (Å²) < 4.78 is 7.72. The molecule has 3 aliphatic rings. The topological polar surface area (TPSA) is 47.4 Å². The highest BCUT2D eigenvalue weighted by molar-refractivity contribution is 5.74. The van der Waals surface area contributed by atoms with E-state index in [1.165, 1.54) is 0 Å². The van der Waals surface area contributed by atoms with Gasteiger partial charge in [-0.25, -0.2) is 4.98 Å². The Morgan fingerprint density at radius 1 is 1.26 bits per heavy atom. The van der Waals surface area contributed by atoms with E-state index < -0.39 is 0 Å². The Balaban J connectivity index is 1.45. The van der Waals surface area contributed by atoms with Crippen molar-refractivity contribution in [3.8, 4) is 5.69 Å². The average Bonchev–Trinajstić information content (AvgIpc) is 3.11. The largest absolute Gasteiger partial charge is 0.460 e. The molecule has 2 aromatic rings. The maximum Gasteiger partial charge on any atom is 0.310 e. The van der Waals surface area contributed by atoms with Crippen LogP contribution in [0.4, 0.5) is 0 Å². The molecule has 3 aliphatic heterocycles. The number of carbonyl (C=O) groups is 1. The predicted octanol–water partition coefficient (Wildman–Crippen LogP) is 2.05. The Bertz CT molecular complexity index is 675. The van der Waals surface area contributed by atoms with Gasteiger partial charge >= 0.3 is 5.97 Å². The molecule has 23 heavy (non-hydrogen) atoms. The number of nitrogens with zero attached hydrogens (tertiary/aromatic N) is 3. The number of benzene rings is 1. The first-order valence-corrected chi connectivity index (χ1v) is 8.27. The van der Waals surface area contributed by atoms with Gasteiger partial charge in [0.05, 0.1) is 18.4 Å². The van der Waals surface area contributed by atoms with Crippen molar-refractivity contribution in [1.29, 1.82) is 0 Å². The molecule has 5 heteroatoms. The van der Waals surface area contributed by atoms with Crippen molar-refractivity contribution in [3.63, 3.8) is 0 Å². The number of piperidine rings is 3. The van der Waals surface area contributed by atoms with E-state index in [1.807, 2.05) is 35.0 Å². The maximum absolute atomic E-state index is 12.4. The third kappa shape index (κ3) is 3.01. The Morgan fingerprint density at radius 2 is 2.09 bits per heavy atom. The number of esters is 1. The van der Waals surface area contributed by atoms with Gasteiger partial charge < -0.3 is 9.30 Å². The highest BCUT2D eigenvalue weighted by Gasteiger charge is 2.36. The van der Waals surface area contributed by atoms with Crippen molar-refractivity contribution in [2.45, 2.75) is 25.4 Å². The summed E-state index contributed by atoms with van der Waals surface area (Å²) in [7, 11) is 0. The Morgan fingerprint density at radius 3 is 2.78 bits per heavy atom. The molecule has 1 aromatic carbocycles. The minimum absolute atomic E-state index is 0.0745. The van der Waals surface area contributed by atoms with Gasteiger partial charge in [-0.2, -0.15) is 0 Å². The molecule has 4 heterocycles. The highest BCUT2D eigenvalue weighted by Crippen LogP contribution is 2.29. The van der Waals surface area contributed by atoms with Gasteiger partial charge in [-0.1, -0.05) is 18.2 Å². The van der Waals surface area contributed by atoms with E-state index in [4.69, 9.17) is 4.74 Å². The second-order valence-electron chi connectivity index (χ2n) is 6.44. The summed E-state index contributed by atoms with van der Waals surface area (Å²) in [4.78, 5) is 18.9. The van der Waals surface area contributed by atoms with E-state index in [9.17, 15) is 4.79 Å². The second kappa shape index (κ2) is 6.16. The second-order valence-corrected chi connectivity index (χ2v) is 6.44. The van der Waals surface area contributed by atoms with Gasteiger partial charge in [0.2, 0.25) is 0 Å². The molecule has 0 aliphatic carbocycles. The van der Waals surface area contributed by atoms with Crippen LogP contribution in [0.2, 0.25) is 0 Å². The number of para-hydroxylation sites is 1. The lowest BCUT2D eigenvalue weighted by Gasteiger charge is -2.43. The van der Waals surface area contributed by atoms with Crippen molar-refractivity contribution >= 4 is 5.97 Å². The molecule has 5 nitrogen and oxygen atoms in total. The smallest absolute Gasteiger partial charge is 0.310 e. The van der Waals surface area contributed by atoms with Gasteiger partial charge in [0, 0.05) is 18.9 Å². The molecule has 1 unspecified atom stereocenters. The lowest BCUT2D eigenvalue weighted by molar-refractivity contribution is -0.157. The summed E-state index contributed by atoms with van der Waals surface area (Å²) in [6.45, 7) is 3.21. The minimum Gasteiger partial charge on any atom is -0.460 e. The number of fused-ring (bicyclic) bond motifs is 3. The SMILES string of the molecule is O=C(Cc1ccccc1-n1ccnc1)OC1CN2CCC1CC2. The van der Waals surface area contributed by atoms with Crippen LogP contribution in [-0.4, -0.2) is 46.2 Å². The van der Waals surface area contributed by atoms with Crippen LogP contribution in [0.1, 0.15) is 18.4 Å². The van der Waals surface area contributed by atoms with Gasteiger partial charge in [0.15, 0.2) is 0 Å². The average molecular weight is 311 g/mol. The molecule has 0 amide bonds. The zero-order chi connectivity index (χ0) is 15.6. The van der Waals surface area contributed by atoms with Crippen LogP contribution >= 0.6 is 0 Å². The lowest BCUT2D eigenvalue weighted by Crippen LogP contribution is -2.52. The van der Waals surface area contributed by atoms with Gasteiger partial charge in [0.25, 0.3) is 0 Å². The van der Waals surface area contributed by atoms with E-state index >= 15 is 0 Å². The first-order valence-electron chi connectivity index (χ1n) is 8.27. The number of rotatable bonds is 4. The van der Waals surface area contributed by atoms with Crippen LogP contribution in [0.5, 0.6) is 0 Å². The Hall–Kier alpha value is -2.14. The number of ether oxygens (including phenoxy) is 1. The van der Waals surface area contributed by atoms with Crippen LogP contribution in [-0.2, 0) is 16.0 Å². The predicted molar refractivity (Wildman–Crippen MR) is 86.3 cm³/mol. The van der Waals surface area contributed by atoms with Crippen LogP contribution in [0.25, 0.3) is 5.69 Å². The molecule has 0 spiro atoms. The third-order valence-corrected chi connectivity index (χ3v) is 4.99. The minimum atomic E-state index is -0.128. The van der Waals surface area contributed by atoms with Crippen LogP contribution in [0, 0.1) is 5.92 Å². The van der Waals surface area contributed by atoms with Gasteiger partial charge in [-0.15, -0.1) is 0 Å². The highest BCUT2D eigenvalue weighted by atomic mass is 16.5. The van der Waals surface area contributed by atoms with Crippen LogP contribution in [0.3, 0.4) is 0 Å². The summed E-state index contributed by atoms with van der Waals surface area (Å²) in [5.74, 6) is 0.421. The molecule has 3 saturated heterocycles. The number of carbonyl (C=O) groups excluding carboxylic acids is 1. The fraction of sp³-hybridized carbons (Fsp3) is 0.444. The van der Waals surface area contributed by atoms with Crippen molar-refractivity contribution in [1.82, 2.24) is 14.5 Å². The van der Waals surface area contributed by atoms with Gasteiger partial charge in [0.1, 0.15) is 6.10 Å². The van der Waals surface area contributed by atoms with E-state index in [2.05, 4.69) is 9.88 Å². The van der Waals surface area contributed by atoms with Crippen LogP contribution in [0.15, 0.2) is 43.0 Å². The zero-order valence-corrected chi connectivity index (χ0v) is 13.1. The normalized spacial score (nSPS) is 26.2. The Kier molecular flexibility index (Phi) is 3.87. The summed E-state index contributed by atoms with van der Waals surface area (Å²) in [5, 5.41) is 0. The number of hydrogen-bond donors (Lipinski definition) is 0. The molecule has 120 valence electrons. The molecule has 5 rings (SSSR count). The zero-order valence-electron chi connectivity index (χ0n) is 13.1. The molecule has 2 bridgehead atoms.